The van der Waals surface area contributed by atoms with Crippen LogP contribution in [0.5, 0.6) is 0 Å². The molecular formula is C14H15NO4. The Balaban J connectivity index is 2.57. The van der Waals surface area contributed by atoms with Crippen LogP contribution in [0, 0.1) is 0 Å². The zero-order chi connectivity index (χ0) is 14.2. The molecule has 0 saturated heterocycles. The third kappa shape index (κ3) is 2.23. The summed E-state index contributed by atoms with van der Waals surface area (Å²) in [6, 6.07) is 6.57. The molecule has 1 amide bonds. The van der Waals surface area contributed by atoms with E-state index in [0.29, 0.717) is 11.1 Å². The van der Waals surface area contributed by atoms with Crippen LogP contribution >= 0.6 is 0 Å². The van der Waals surface area contributed by atoms with Gasteiger partial charge >= 0.3 is 5.97 Å². The Morgan fingerprint density at radius 2 is 1.84 bits per heavy atom. The van der Waals surface area contributed by atoms with Gasteiger partial charge in [-0.2, -0.15) is 0 Å². The van der Waals surface area contributed by atoms with Crippen molar-refractivity contribution in [1.29, 1.82) is 0 Å². The van der Waals surface area contributed by atoms with Crippen molar-refractivity contribution in [3.05, 3.63) is 35.4 Å². The number of fused-ring (bicyclic) bond motifs is 1. The summed E-state index contributed by atoms with van der Waals surface area (Å²) in [4.78, 5) is 37.3. The second-order valence-electron chi connectivity index (χ2n) is 4.86. The molecule has 1 unspecified atom stereocenters. The van der Waals surface area contributed by atoms with Crippen molar-refractivity contribution in [3.8, 4) is 0 Å². The molecule has 0 radical (unpaired) electrons. The molecule has 2 rings (SSSR count). The van der Waals surface area contributed by atoms with E-state index in [2.05, 4.69) is 0 Å². The number of esters is 1. The summed E-state index contributed by atoms with van der Waals surface area (Å²) >= 11 is 0. The molecule has 1 heterocycles. The number of ketones is 1. The maximum absolute atomic E-state index is 12.5. The Morgan fingerprint density at radius 1 is 1.26 bits per heavy atom. The predicted molar refractivity (Wildman–Crippen MR) is 67.9 cm³/mol. The van der Waals surface area contributed by atoms with E-state index in [1.807, 2.05) is 0 Å². The van der Waals surface area contributed by atoms with E-state index >= 15 is 0 Å². The van der Waals surface area contributed by atoms with E-state index in [1.54, 1.807) is 31.3 Å². The summed E-state index contributed by atoms with van der Waals surface area (Å²) in [6.45, 7) is 2.82. The molecule has 1 atom stereocenters. The monoisotopic (exact) mass is 261 g/mol. The van der Waals surface area contributed by atoms with E-state index in [-0.39, 0.29) is 18.2 Å². The second kappa shape index (κ2) is 4.50. The van der Waals surface area contributed by atoms with Crippen LogP contribution in [0.15, 0.2) is 24.3 Å². The number of nitrogens with zero attached hydrogens (tertiary/aromatic N) is 1. The summed E-state index contributed by atoms with van der Waals surface area (Å²) in [5.74, 6) is -1.15. The molecule has 100 valence electrons. The van der Waals surface area contributed by atoms with Gasteiger partial charge in [0, 0.05) is 19.5 Å². The quantitative estimate of drug-likeness (QED) is 0.714. The predicted octanol–water partition coefficient (Wildman–Crippen LogP) is 1.28. The summed E-state index contributed by atoms with van der Waals surface area (Å²) in [5.41, 5.74) is -0.713. The van der Waals surface area contributed by atoms with Gasteiger partial charge in [-0.05, 0) is 13.0 Å². The Bertz CT molecular complexity index is 566. The molecule has 1 aliphatic rings. The lowest BCUT2D eigenvalue weighted by Gasteiger charge is -2.29. The normalized spacial score (nSPS) is 22.8. The molecule has 0 N–H and O–H groups in total. The molecule has 5 nitrogen and oxygen atoms in total. The van der Waals surface area contributed by atoms with Crippen LogP contribution in [-0.2, 0) is 9.53 Å². The minimum atomic E-state index is -1.34. The van der Waals surface area contributed by atoms with Gasteiger partial charge < -0.3 is 9.64 Å². The molecule has 1 aromatic rings. The van der Waals surface area contributed by atoms with Gasteiger partial charge in [0.1, 0.15) is 0 Å². The fourth-order valence-electron chi connectivity index (χ4n) is 2.35. The lowest BCUT2D eigenvalue weighted by atomic mass is 9.93. The minimum Gasteiger partial charge on any atom is -0.449 e. The van der Waals surface area contributed by atoms with E-state index < -0.39 is 11.6 Å². The van der Waals surface area contributed by atoms with Crippen molar-refractivity contribution in [1.82, 2.24) is 4.90 Å². The number of hydrogen-bond acceptors (Lipinski definition) is 4. The number of rotatable bonds is 1. The molecule has 0 aliphatic carbocycles. The lowest BCUT2D eigenvalue weighted by molar-refractivity contribution is -0.151. The maximum Gasteiger partial charge on any atom is 0.303 e. The first-order valence-corrected chi connectivity index (χ1v) is 5.94. The van der Waals surface area contributed by atoms with Crippen LogP contribution in [0.3, 0.4) is 0 Å². The zero-order valence-electron chi connectivity index (χ0n) is 11.1. The highest BCUT2D eigenvalue weighted by molar-refractivity contribution is 6.13. The Kier molecular flexibility index (Phi) is 3.14. The number of carbonyl (C=O) groups excluding carboxylic acids is 3. The van der Waals surface area contributed by atoms with Gasteiger partial charge in [0.15, 0.2) is 5.60 Å². The third-order valence-electron chi connectivity index (χ3n) is 3.14. The molecule has 0 saturated carbocycles. The molecule has 1 aliphatic heterocycles. The van der Waals surface area contributed by atoms with Gasteiger partial charge in [0.2, 0.25) is 5.78 Å². The van der Waals surface area contributed by atoms with Crippen LogP contribution in [-0.4, -0.2) is 41.8 Å². The fourth-order valence-corrected chi connectivity index (χ4v) is 2.35. The molecular weight excluding hydrogens is 246 g/mol. The minimum absolute atomic E-state index is 0.0406. The molecule has 0 fully saturated rings. The lowest BCUT2D eigenvalue weighted by Crippen LogP contribution is -2.47. The van der Waals surface area contributed by atoms with E-state index in [1.165, 1.54) is 18.7 Å². The summed E-state index contributed by atoms with van der Waals surface area (Å²) in [7, 11) is 1.58. The number of ether oxygens (including phenoxy) is 1. The number of amides is 1. The molecule has 1 aromatic carbocycles. The Labute approximate surface area is 111 Å². The van der Waals surface area contributed by atoms with Crippen molar-refractivity contribution in [2.75, 3.05) is 13.6 Å². The summed E-state index contributed by atoms with van der Waals surface area (Å²) in [5, 5.41) is 0. The largest absolute Gasteiger partial charge is 0.449 e. The first-order valence-electron chi connectivity index (χ1n) is 5.94. The zero-order valence-corrected chi connectivity index (χ0v) is 11.1. The summed E-state index contributed by atoms with van der Waals surface area (Å²) in [6.07, 6.45) is 0. The topological polar surface area (TPSA) is 63.7 Å². The van der Waals surface area contributed by atoms with Crippen molar-refractivity contribution in [3.63, 3.8) is 0 Å². The average molecular weight is 261 g/mol. The Hall–Kier alpha value is -2.17. The highest BCUT2D eigenvalue weighted by Crippen LogP contribution is 2.26. The summed E-state index contributed by atoms with van der Waals surface area (Å²) < 4.78 is 5.16. The van der Waals surface area contributed by atoms with E-state index in [9.17, 15) is 14.4 Å². The third-order valence-corrected chi connectivity index (χ3v) is 3.14. The molecule has 0 bridgehead atoms. The first-order chi connectivity index (χ1) is 8.85. The van der Waals surface area contributed by atoms with Gasteiger partial charge in [0.05, 0.1) is 12.1 Å². The van der Waals surface area contributed by atoms with Crippen LogP contribution in [0.2, 0.25) is 0 Å². The number of carbonyl (C=O) groups is 3. The maximum atomic E-state index is 12.5. The van der Waals surface area contributed by atoms with Crippen molar-refractivity contribution in [2.45, 2.75) is 19.4 Å². The smallest absolute Gasteiger partial charge is 0.303 e. The average Bonchev–Trinajstić information content (AvgIpc) is 2.41. The van der Waals surface area contributed by atoms with Gasteiger partial charge in [-0.1, -0.05) is 18.2 Å². The molecule has 0 aromatic heterocycles. The number of Topliss-reactive ketones (excluding diaryl/α,β-unsaturated/α-hetero) is 1. The fraction of sp³-hybridized carbons (Fsp3) is 0.357. The van der Waals surface area contributed by atoms with Crippen LogP contribution in [0.1, 0.15) is 34.6 Å². The molecule has 5 heteroatoms. The SMILES string of the molecule is CC(=O)OC1(C)CN(C)C(=O)c2ccccc2C1=O. The second-order valence-corrected chi connectivity index (χ2v) is 4.86. The number of likely N-dealkylation sites (N-methyl/N-ethyl adjacent to an activating group) is 1. The Morgan fingerprint density at radius 3 is 2.42 bits per heavy atom. The number of benzene rings is 1. The highest BCUT2D eigenvalue weighted by atomic mass is 16.6. The van der Waals surface area contributed by atoms with E-state index in [4.69, 9.17) is 4.74 Å². The van der Waals surface area contributed by atoms with Crippen molar-refractivity contribution < 1.29 is 19.1 Å². The van der Waals surface area contributed by atoms with Crippen LogP contribution < -0.4 is 0 Å². The van der Waals surface area contributed by atoms with Crippen LogP contribution in [0.25, 0.3) is 0 Å². The van der Waals surface area contributed by atoms with E-state index in [0.717, 1.165) is 0 Å². The van der Waals surface area contributed by atoms with Gasteiger partial charge in [-0.25, -0.2) is 0 Å². The van der Waals surface area contributed by atoms with Gasteiger partial charge in [-0.3, -0.25) is 14.4 Å². The van der Waals surface area contributed by atoms with Crippen LogP contribution in [0.4, 0.5) is 0 Å². The van der Waals surface area contributed by atoms with Crippen molar-refractivity contribution in [2.24, 2.45) is 0 Å². The number of hydrogen-bond donors (Lipinski definition) is 0. The van der Waals surface area contributed by atoms with Gasteiger partial charge in [0.25, 0.3) is 5.91 Å². The van der Waals surface area contributed by atoms with Crippen molar-refractivity contribution >= 4 is 17.7 Å². The highest BCUT2D eigenvalue weighted by Gasteiger charge is 2.43. The van der Waals surface area contributed by atoms with Gasteiger partial charge in [-0.15, -0.1) is 0 Å². The molecule has 19 heavy (non-hydrogen) atoms. The standard InChI is InChI=1S/C14H15NO4/c1-9(16)19-14(2)8-15(3)13(18)11-7-5-4-6-10(11)12(14)17/h4-7H,8H2,1-3H3. The first kappa shape index (κ1) is 13.3. The molecule has 0 spiro atoms.